The fraction of sp³-hybridized carbons (Fsp3) is 0.227. The number of hydrogen-bond donors (Lipinski definition) is 1. The molecule has 1 aliphatic heterocycles. The van der Waals surface area contributed by atoms with Crippen molar-refractivity contribution in [2.45, 2.75) is 6.54 Å². The van der Waals surface area contributed by atoms with E-state index in [4.69, 9.17) is 14.3 Å². The number of anilines is 1. The second-order valence-corrected chi connectivity index (χ2v) is 6.64. The summed E-state index contributed by atoms with van der Waals surface area (Å²) in [7, 11) is 0. The number of hydrogen-bond acceptors (Lipinski definition) is 6. The van der Waals surface area contributed by atoms with E-state index in [9.17, 15) is 4.39 Å². The maximum Gasteiger partial charge on any atom is 0.160 e. The van der Waals surface area contributed by atoms with Crippen LogP contribution in [0.2, 0.25) is 0 Å². The van der Waals surface area contributed by atoms with E-state index in [1.54, 1.807) is 48.7 Å². The Kier molecular flexibility index (Phi) is 6.19. The first-order chi connectivity index (χ1) is 14.3. The van der Waals surface area contributed by atoms with Crippen LogP contribution in [0.25, 0.3) is 0 Å². The van der Waals surface area contributed by atoms with Crippen molar-refractivity contribution in [3.8, 4) is 17.2 Å². The van der Waals surface area contributed by atoms with Gasteiger partial charge >= 0.3 is 0 Å². The van der Waals surface area contributed by atoms with Crippen molar-refractivity contribution in [1.82, 2.24) is 9.88 Å². The van der Waals surface area contributed by atoms with Crippen molar-refractivity contribution in [1.29, 1.82) is 0 Å². The summed E-state index contributed by atoms with van der Waals surface area (Å²) in [6, 6.07) is 17.5. The first kappa shape index (κ1) is 19.2. The molecule has 6 nitrogen and oxygen atoms in total. The van der Waals surface area contributed by atoms with Gasteiger partial charge in [-0.25, -0.2) is 14.9 Å². The van der Waals surface area contributed by atoms with E-state index in [0.29, 0.717) is 48.4 Å². The lowest BCUT2D eigenvalue weighted by molar-refractivity contribution is 0.0337. The van der Waals surface area contributed by atoms with Crippen LogP contribution in [0.3, 0.4) is 0 Å². The maximum atomic E-state index is 14.5. The normalized spacial score (nSPS) is 14.4. The van der Waals surface area contributed by atoms with Gasteiger partial charge in [0.15, 0.2) is 11.6 Å². The molecule has 1 aliphatic rings. The topological polar surface area (TPSA) is 55.9 Å². The molecule has 150 valence electrons. The minimum absolute atomic E-state index is 0.279. The van der Waals surface area contributed by atoms with Crippen LogP contribution in [0.5, 0.6) is 17.2 Å². The predicted molar refractivity (Wildman–Crippen MR) is 107 cm³/mol. The van der Waals surface area contributed by atoms with Crippen LogP contribution in [0.4, 0.5) is 10.2 Å². The highest BCUT2D eigenvalue weighted by atomic mass is 19.1. The predicted octanol–water partition coefficient (Wildman–Crippen LogP) is 4.25. The van der Waals surface area contributed by atoms with Gasteiger partial charge in [0.1, 0.15) is 17.3 Å². The Labute approximate surface area is 168 Å². The number of rotatable bonds is 7. The standard InChI is InChI=1S/C22H22FN3O3/c23-21-15-19(8-7-17(21)16-26-10-12-27-13-11-26)28-18-4-3-5-20(14-18)29-25-22-6-1-2-9-24-22/h1-9,14-15H,10-13,16H2,(H,24,25). The molecular weight excluding hydrogens is 373 g/mol. The Bertz CT molecular complexity index is 934. The number of nitrogens with one attached hydrogen (secondary N) is 1. The summed E-state index contributed by atoms with van der Waals surface area (Å²) in [4.78, 5) is 11.8. The Morgan fingerprint density at radius 1 is 0.966 bits per heavy atom. The van der Waals surface area contributed by atoms with Crippen LogP contribution in [0, 0.1) is 5.82 Å². The molecule has 0 aliphatic carbocycles. The van der Waals surface area contributed by atoms with Gasteiger partial charge in [-0.15, -0.1) is 0 Å². The fourth-order valence-electron chi connectivity index (χ4n) is 2.99. The van der Waals surface area contributed by atoms with Crippen LogP contribution in [0.15, 0.2) is 66.9 Å². The molecule has 0 unspecified atom stereocenters. The van der Waals surface area contributed by atoms with Gasteiger partial charge in [0.25, 0.3) is 0 Å². The maximum absolute atomic E-state index is 14.5. The summed E-state index contributed by atoms with van der Waals surface area (Å²) in [5.41, 5.74) is 3.42. The largest absolute Gasteiger partial charge is 0.457 e. The van der Waals surface area contributed by atoms with Crippen molar-refractivity contribution in [3.05, 3.63) is 78.2 Å². The minimum atomic E-state index is -0.279. The number of ether oxygens (including phenoxy) is 2. The van der Waals surface area contributed by atoms with Crippen molar-refractivity contribution < 1.29 is 18.7 Å². The summed E-state index contributed by atoms with van der Waals surface area (Å²) < 4.78 is 25.6. The molecule has 0 bridgehead atoms. The molecule has 0 spiro atoms. The molecule has 1 N–H and O–H groups in total. The number of morpholine rings is 1. The van der Waals surface area contributed by atoms with Gasteiger partial charge in [-0.05, 0) is 30.3 Å². The van der Waals surface area contributed by atoms with E-state index < -0.39 is 0 Å². The average molecular weight is 395 g/mol. The highest BCUT2D eigenvalue weighted by Crippen LogP contribution is 2.27. The van der Waals surface area contributed by atoms with Crippen molar-refractivity contribution in [2.75, 3.05) is 31.8 Å². The zero-order chi connectivity index (χ0) is 19.9. The molecule has 3 aromatic rings. The lowest BCUT2D eigenvalue weighted by atomic mass is 10.2. The van der Waals surface area contributed by atoms with E-state index in [-0.39, 0.29) is 5.82 Å². The highest BCUT2D eigenvalue weighted by molar-refractivity contribution is 5.39. The van der Waals surface area contributed by atoms with E-state index in [2.05, 4.69) is 15.4 Å². The molecule has 0 atom stereocenters. The molecule has 29 heavy (non-hydrogen) atoms. The van der Waals surface area contributed by atoms with Crippen LogP contribution >= 0.6 is 0 Å². The monoisotopic (exact) mass is 395 g/mol. The average Bonchev–Trinajstić information content (AvgIpc) is 2.76. The minimum Gasteiger partial charge on any atom is -0.457 e. The van der Waals surface area contributed by atoms with Crippen LogP contribution < -0.4 is 15.1 Å². The Balaban J connectivity index is 1.37. The van der Waals surface area contributed by atoms with Gasteiger partial charge in [-0.3, -0.25) is 4.90 Å². The summed E-state index contributed by atoms with van der Waals surface area (Å²) in [6.07, 6.45) is 1.67. The molecule has 0 radical (unpaired) electrons. The summed E-state index contributed by atoms with van der Waals surface area (Å²) in [5, 5.41) is 0. The van der Waals surface area contributed by atoms with Gasteiger partial charge in [0, 0.05) is 43.5 Å². The number of nitrogens with zero attached hydrogens (tertiary/aromatic N) is 2. The van der Waals surface area contributed by atoms with E-state index in [1.807, 2.05) is 12.1 Å². The Morgan fingerprint density at radius 2 is 1.79 bits per heavy atom. The van der Waals surface area contributed by atoms with Crippen molar-refractivity contribution >= 4 is 5.82 Å². The van der Waals surface area contributed by atoms with E-state index >= 15 is 0 Å². The zero-order valence-electron chi connectivity index (χ0n) is 15.9. The Hall–Kier alpha value is -3.16. The lowest BCUT2D eigenvalue weighted by Crippen LogP contribution is -2.35. The van der Waals surface area contributed by atoms with Crippen molar-refractivity contribution in [3.63, 3.8) is 0 Å². The van der Waals surface area contributed by atoms with Crippen LogP contribution in [-0.4, -0.2) is 36.2 Å². The summed E-state index contributed by atoms with van der Waals surface area (Å²) >= 11 is 0. The van der Waals surface area contributed by atoms with E-state index in [0.717, 1.165) is 13.1 Å². The molecule has 7 heteroatoms. The highest BCUT2D eigenvalue weighted by Gasteiger charge is 2.14. The number of aromatic nitrogens is 1. The van der Waals surface area contributed by atoms with Crippen molar-refractivity contribution in [2.24, 2.45) is 0 Å². The van der Waals surface area contributed by atoms with Crippen LogP contribution in [-0.2, 0) is 11.3 Å². The van der Waals surface area contributed by atoms with Gasteiger partial charge in [-0.1, -0.05) is 18.2 Å². The number of halogens is 1. The smallest absolute Gasteiger partial charge is 0.160 e. The summed E-state index contributed by atoms with van der Waals surface area (Å²) in [6.45, 7) is 3.58. The third-order valence-electron chi connectivity index (χ3n) is 4.50. The van der Waals surface area contributed by atoms with E-state index in [1.165, 1.54) is 6.07 Å². The molecule has 2 heterocycles. The first-order valence-electron chi connectivity index (χ1n) is 9.46. The molecule has 2 aromatic carbocycles. The molecular formula is C22H22FN3O3. The first-order valence-corrected chi connectivity index (χ1v) is 9.46. The lowest BCUT2D eigenvalue weighted by Gasteiger charge is -2.26. The zero-order valence-corrected chi connectivity index (χ0v) is 15.9. The van der Waals surface area contributed by atoms with Crippen LogP contribution in [0.1, 0.15) is 5.56 Å². The second kappa shape index (κ2) is 9.36. The fourth-order valence-corrected chi connectivity index (χ4v) is 2.99. The third-order valence-corrected chi connectivity index (χ3v) is 4.50. The number of benzene rings is 2. The van der Waals surface area contributed by atoms with Gasteiger partial charge in [-0.2, -0.15) is 0 Å². The van der Waals surface area contributed by atoms with Gasteiger partial charge < -0.3 is 14.3 Å². The quantitative estimate of drug-likeness (QED) is 0.604. The molecule has 0 amide bonds. The SMILES string of the molecule is Fc1cc(Oc2cccc(ONc3ccccn3)c2)ccc1CN1CCOCC1. The summed E-state index contributed by atoms with van der Waals surface area (Å²) in [5.74, 6) is 1.85. The second-order valence-electron chi connectivity index (χ2n) is 6.64. The molecule has 4 rings (SSSR count). The molecule has 1 aromatic heterocycles. The third kappa shape index (κ3) is 5.43. The molecule has 1 fully saturated rings. The molecule has 1 saturated heterocycles. The van der Waals surface area contributed by atoms with Gasteiger partial charge in [0.2, 0.25) is 0 Å². The Morgan fingerprint density at radius 3 is 2.59 bits per heavy atom. The van der Waals surface area contributed by atoms with Gasteiger partial charge in [0.05, 0.1) is 13.2 Å². The molecule has 0 saturated carbocycles. The number of pyridine rings is 1.